The zero-order chi connectivity index (χ0) is 33.2. The first-order valence-corrected chi connectivity index (χ1v) is 15.1. The summed E-state index contributed by atoms with van der Waals surface area (Å²) >= 11 is 2.15. The van der Waals surface area contributed by atoms with E-state index in [-0.39, 0.29) is 24.4 Å². The molecule has 1 aliphatic heterocycles. The van der Waals surface area contributed by atoms with E-state index in [1.54, 1.807) is 56.5 Å². The molecule has 242 valence electrons. The molecule has 0 saturated heterocycles. The average Bonchev–Trinajstić information content (AvgIpc) is 3.03. The maximum atomic E-state index is 12.4. The Morgan fingerprint density at radius 2 is 1.78 bits per heavy atom. The lowest BCUT2D eigenvalue weighted by Crippen LogP contribution is -2.45. The second-order valence-corrected chi connectivity index (χ2v) is 11.1. The first-order chi connectivity index (χ1) is 22.1. The molecule has 0 unspecified atom stereocenters. The van der Waals surface area contributed by atoms with Crippen LogP contribution in [-0.2, 0) is 16.1 Å². The molecule has 13 nitrogen and oxygen atoms in total. The third kappa shape index (κ3) is 8.88. The molecule has 0 aromatic heterocycles. The summed E-state index contributed by atoms with van der Waals surface area (Å²) in [6, 6.07) is 15.7. The van der Waals surface area contributed by atoms with Crippen LogP contribution in [0.3, 0.4) is 0 Å². The van der Waals surface area contributed by atoms with E-state index in [1.165, 1.54) is 19.2 Å². The van der Waals surface area contributed by atoms with Crippen LogP contribution in [0.25, 0.3) is 0 Å². The lowest BCUT2D eigenvalue weighted by atomic mass is 9.95. The number of amides is 2. The molecule has 4 rings (SSSR count). The second kappa shape index (κ2) is 15.9. The van der Waals surface area contributed by atoms with Crippen LogP contribution in [0.2, 0.25) is 0 Å². The summed E-state index contributed by atoms with van der Waals surface area (Å²) in [5.74, 6) is -0.193. The van der Waals surface area contributed by atoms with Crippen LogP contribution < -0.4 is 30.3 Å². The number of carboxylic acid groups (broad SMARTS) is 1. The Labute approximate surface area is 278 Å². The summed E-state index contributed by atoms with van der Waals surface area (Å²) in [5.41, 5.74) is 5.65. The smallest absolute Gasteiger partial charge is 0.337 e. The summed E-state index contributed by atoms with van der Waals surface area (Å²) in [6.45, 7) is 3.87. The summed E-state index contributed by atoms with van der Waals surface area (Å²) < 4.78 is 23.1. The monoisotopic (exact) mass is 744 g/mol. The zero-order valence-electron chi connectivity index (χ0n) is 25.2. The van der Waals surface area contributed by atoms with Crippen molar-refractivity contribution in [1.29, 1.82) is 0 Å². The molecule has 0 bridgehead atoms. The first-order valence-electron chi connectivity index (χ1n) is 14.1. The van der Waals surface area contributed by atoms with Crippen LogP contribution in [0.15, 0.2) is 77.0 Å². The number of benzene rings is 3. The zero-order valence-corrected chi connectivity index (χ0v) is 27.4. The molecule has 2 atom stereocenters. The molecule has 5 N–H and O–H groups in total. The highest BCUT2D eigenvalue weighted by Gasteiger charge is 2.32. The number of hydrogen-bond acceptors (Lipinski definition) is 10. The van der Waals surface area contributed by atoms with Crippen molar-refractivity contribution in [2.45, 2.75) is 32.7 Å². The molecule has 0 radical (unpaired) electrons. The lowest BCUT2D eigenvalue weighted by Gasteiger charge is -2.28. The highest BCUT2D eigenvalue weighted by molar-refractivity contribution is 14.1. The summed E-state index contributed by atoms with van der Waals surface area (Å²) in [5, 5.41) is 28.9. The van der Waals surface area contributed by atoms with E-state index in [4.69, 9.17) is 24.1 Å². The van der Waals surface area contributed by atoms with Gasteiger partial charge in [0.05, 0.1) is 40.7 Å². The van der Waals surface area contributed by atoms with Gasteiger partial charge in [-0.1, -0.05) is 18.2 Å². The van der Waals surface area contributed by atoms with Gasteiger partial charge in [-0.15, -0.1) is 0 Å². The van der Waals surface area contributed by atoms with Crippen LogP contribution in [0.1, 0.15) is 46.9 Å². The number of urea groups is 1. The number of nitrogens with one attached hydrogen (secondary N) is 3. The van der Waals surface area contributed by atoms with E-state index < -0.39 is 30.2 Å². The Hall–Kier alpha value is -4.83. The van der Waals surface area contributed by atoms with E-state index in [9.17, 15) is 19.5 Å². The number of halogens is 1. The number of aromatic carboxylic acids is 1. The number of aliphatic hydroxyl groups excluding tert-OH is 1. The topological polar surface area (TPSA) is 177 Å². The van der Waals surface area contributed by atoms with Gasteiger partial charge in [0.25, 0.3) is 0 Å². The molecule has 14 heteroatoms. The van der Waals surface area contributed by atoms with Gasteiger partial charge < -0.3 is 39.8 Å². The van der Waals surface area contributed by atoms with Crippen molar-refractivity contribution in [2.24, 2.45) is 5.10 Å². The van der Waals surface area contributed by atoms with E-state index in [0.717, 1.165) is 14.7 Å². The van der Waals surface area contributed by atoms with Gasteiger partial charge in [-0.05, 0) is 95.6 Å². The minimum atomic E-state index is -1.15. The van der Waals surface area contributed by atoms with Gasteiger partial charge in [-0.3, -0.25) is 5.43 Å². The number of rotatable bonds is 14. The molecule has 46 heavy (non-hydrogen) atoms. The van der Waals surface area contributed by atoms with Crippen molar-refractivity contribution in [3.63, 3.8) is 0 Å². The molecule has 3 aromatic rings. The average molecular weight is 745 g/mol. The Bertz CT molecular complexity index is 1640. The van der Waals surface area contributed by atoms with Crippen molar-refractivity contribution in [3.05, 3.63) is 97.8 Å². The number of aliphatic hydroxyl groups is 1. The van der Waals surface area contributed by atoms with Crippen molar-refractivity contribution >= 4 is 46.8 Å². The van der Waals surface area contributed by atoms with Crippen LogP contribution >= 0.6 is 22.6 Å². The largest absolute Gasteiger partial charge is 0.490 e. The maximum Gasteiger partial charge on any atom is 0.337 e. The van der Waals surface area contributed by atoms with E-state index in [1.807, 2.05) is 12.1 Å². The van der Waals surface area contributed by atoms with E-state index in [0.29, 0.717) is 35.1 Å². The lowest BCUT2D eigenvalue weighted by molar-refractivity contribution is -0.136. The molecule has 1 heterocycles. The summed E-state index contributed by atoms with van der Waals surface area (Å²) in [7, 11) is 1.27. The number of hydrazone groups is 1. The predicted octanol–water partition coefficient (Wildman–Crippen LogP) is 4.09. The molecular formula is C32H33IN4O9. The minimum Gasteiger partial charge on any atom is -0.490 e. The van der Waals surface area contributed by atoms with Gasteiger partial charge in [0.1, 0.15) is 19.0 Å². The molecule has 0 saturated carbocycles. The van der Waals surface area contributed by atoms with E-state index in [2.05, 4.69) is 43.8 Å². The number of carbonyl (C=O) groups is 3. The van der Waals surface area contributed by atoms with Crippen LogP contribution in [0.4, 0.5) is 4.79 Å². The minimum absolute atomic E-state index is 0.162. The van der Waals surface area contributed by atoms with Crippen molar-refractivity contribution in [2.75, 3.05) is 20.3 Å². The number of methoxy groups -OCH3 is 1. The molecule has 0 spiro atoms. The standard InChI is InChI=1S/C32H33IN4O9/c1-4-44-26-14-22(29-28(31(41)43-3)18(2)35-32(42)36-29)10-12-25(26)46-17-27(38)37-34-15-20-7-11-24(23(33)13-20)45-16-19-5-8-21(9-6-19)30(39)40/h5-15,27,29,37-38H,4,16-17H2,1-3H3,(H,39,40)(H2,35,36,42)/b34-15-/t27-,29+/m1/s1. The highest BCUT2D eigenvalue weighted by Crippen LogP contribution is 2.35. The van der Waals surface area contributed by atoms with Gasteiger partial charge >= 0.3 is 18.0 Å². The van der Waals surface area contributed by atoms with Crippen LogP contribution in [-0.4, -0.2) is 60.9 Å². The Kier molecular flexibility index (Phi) is 11.8. The van der Waals surface area contributed by atoms with Gasteiger partial charge in [-0.25, -0.2) is 14.4 Å². The summed E-state index contributed by atoms with van der Waals surface area (Å²) in [6.07, 6.45) is 0.391. The van der Waals surface area contributed by atoms with Gasteiger partial charge in [0.15, 0.2) is 17.7 Å². The summed E-state index contributed by atoms with van der Waals surface area (Å²) in [4.78, 5) is 35.6. The molecular weight excluding hydrogens is 711 g/mol. The highest BCUT2D eigenvalue weighted by atomic mass is 127. The normalized spacial score (nSPS) is 15.1. The van der Waals surface area contributed by atoms with Crippen LogP contribution in [0, 0.1) is 3.57 Å². The van der Waals surface area contributed by atoms with Gasteiger partial charge in [-0.2, -0.15) is 5.10 Å². The third-order valence-corrected chi connectivity index (χ3v) is 7.50. The third-order valence-electron chi connectivity index (χ3n) is 6.66. The fourth-order valence-corrected chi connectivity index (χ4v) is 5.13. The number of nitrogens with zero attached hydrogens (tertiary/aromatic N) is 1. The number of carboxylic acids is 1. The predicted molar refractivity (Wildman–Crippen MR) is 176 cm³/mol. The van der Waals surface area contributed by atoms with Crippen LogP contribution in [0.5, 0.6) is 17.2 Å². The first kappa shape index (κ1) is 34.1. The van der Waals surface area contributed by atoms with Crippen molar-refractivity contribution in [3.8, 4) is 17.2 Å². The van der Waals surface area contributed by atoms with Crippen molar-refractivity contribution in [1.82, 2.24) is 16.1 Å². The quantitative estimate of drug-likeness (QED) is 0.0532. The fraction of sp³-hybridized carbons (Fsp3) is 0.250. The van der Waals surface area contributed by atoms with E-state index >= 15 is 0 Å². The van der Waals surface area contributed by atoms with Gasteiger partial charge in [0.2, 0.25) is 0 Å². The SMILES string of the molecule is CCOc1cc([C@@H]2NC(=O)NC(C)=C2C(=O)OC)ccc1OC[C@@H](O)N/N=C\c1ccc(OCc2ccc(C(=O)O)cc2)c(I)c1. The van der Waals surface area contributed by atoms with Gasteiger partial charge in [0, 0.05) is 5.70 Å². The molecule has 1 aliphatic rings. The Morgan fingerprint density at radius 1 is 1.04 bits per heavy atom. The second-order valence-electron chi connectivity index (χ2n) is 9.90. The number of esters is 1. The maximum absolute atomic E-state index is 12.4. The van der Waals surface area contributed by atoms with Crippen molar-refractivity contribution < 1.29 is 43.5 Å². The molecule has 0 fully saturated rings. The molecule has 3 aromatic carbocycles. The molecule has 0 aliphatic carbocycles. The Balaban J connectivity index is 1.33. The number of carbonyl (C=O) groups excluding carboxylic acids is 2. The number of hydrogen-bond donors (Lipinski definition) is 5. The number of allylic oxidation sites excluding steroid dienone is 1. The molecule has 2 amide bonds. The Morgan fingerprint density at radius 3 is 2.46 bits per heavy atom. The number of ether oxygens (including phenoxy) is 4. The fourth-order valence-electron chi connectivity index (χ4n) is 4.44.